The van der Waals surface area contributed by atoms with Crippen molar-refractivity contribution >= 4 is 5.91 Å². The molecule has 0 aromatic carbocycles. The third-order valence-corrected chi connectivity index (χ3v) is 16.6. The van der Waals surface area contributed by atoms with E-state index in [9.17, 15) is 20.1 Å². The fraction of sp³-hybridized carbons (Fsp3) is 0.957. The van der Waals surface area contributed by atoms with Gasteiger partial charge in [-0.3, -0.25) is 4.79 Å². The van der Waals surface area contributed by atoms with E-state index in [1.807, 2.05) is 6.08 Å². The van der Waals surface area contributed by atoms with Crippen LogP contribution in [0.2, 0.25) is 0 Å². The van der Waals surface area contributed by atoms with Crippen LogP contribution in [0.25, 0.3) is 0 Å². The van der Waals surface area contributed by atoms with Gasteiger partial charge in [-0.05, 0) is 19.3 Å². The molecule has 0 aromatic heterocycles. The zero-order chi connectivity index (χ0) is 53.6. The van der Waals surface area contributed by atoms with E-state index in [0.717, 1.165) is 25.7 Å². The van der Waals surface area contributed by atoms with Crippen LogP contribution in [0.3, 0.4) is 0 Å². The number of allylic oxidation sites excluding steroid dienone is 1. The van der Waals surface area contributed by atoms with Gasteiger partial charge in [0, 0.05) is 0 Å². The van der Waals surface area contributed by atoms with E-state index < -0.39 is 18.2 Å². The molecule has 74 heavy (non-hydrogen) atoms. The lowest BCUT2D eigenvalue weighted by molar-refractivity contribution is -0.124. The van der Waals surface area contributed by atoms with Crippen LogP contribution in [0.5, 0.6) is 0 Å². The first kappa shape index (κ1) is 73.1. The first-order valence-corrected chi connectivity index (χ1v) is 34.5. The molecule has 3 atom stereocenters. The van der Waals surface area contributed by atoms with Gasteiger partial charge >= 0.3 is 0 Å². The minimum Gasteiger partial charge on any atom is -0.394 e. The first-order valence-electron chi connectivity index (χ1n) is 34.5. The fourth-order valence-corrected chi connectivity index (χ4v) is 11.3. The van der Waals surface area contributed by atoms with Gasteiger partial charge in [0.25, 0.3) is 0 Å². The Labute approximate surface area is 465 Å². The number of carbonyl (C=O) groups excluding carboxylic acids is 1. The van der Waals surface area contributed by atoms with Crippen LogP contribution in [0.4, 0.5) is 0 Å². The molecule has 0 spiro atoms. The number of amides is 1. The molecule has 0 fully saturated rings. The molecular formula is C69H137NO4. The normalized spacial score (nSPS) is 13.1. The summed E-state index contributed by atoms with van der Waals surface area (Å²) in [5.41, 5.74) is 0. The quantitative estimate of drug-likeness (QED) is 0.0361. The molecule has 0 aliphatic carbocycles. The summed E-state index contributed by atoms with van der Waals surface area (Å²) in [6.45, 7) is 4.27. The van der Waals surface area contributed by atoms with Crippen molar-refractivity contribution in [1.82, 2.24) is 5.32 Å². The molecule has 0 rings (SSSR count). The second-order valence-corrected chi connectivity index (χ2v) is 24.2. The van der Waals surface area contributed by atoms with Gasteiger partial charge in [-0.25, -0.2) is 0 Å². The summed E-state index contributed by atoms with van der Waals surface area (Å²) >= 11 is 0. The fourth-order valence-electron chi connectivity index (χ4n) is 11.3. The smallest absolute Gasteiger partial charge is 0.222 e. The maximum absolute atomic E-state index is 12.6. The minimum atomic E-state index is -0.927. The summed E-state index contributed by atoms with van der Waals surface area (Å²) in [4.78, 5) is 12.6. The number of carbonyl (C=O) groups is 1. The van der Waals surface area contributed by atoms with Crippen LogP contribution in [-0.4, -0.2) is 46.1 Å². The Hall–Kier alpha value is -0.910. The molecular weight excluding hydrogens is 907 g/mol. The highest BCUT2D eigenvalue weighted by atomic mass is 16.3. The Balaban J connectivity index is 3.44. The predicted octanol–water partition coefficient (Wildman–Crippen LogP) is 22.2. The largest absolute Gasteiger partial charge is 0.394 e. The lowest BCUT2D eigenvalue weighted by Crippen LogP contribution is -2.45. The molecule has 0 aliphatic rings. The van der Waals surface area contributed by atoms with Crippen LogP contribution in [0, 0.1) is 0 Å². The van der Waals surface area contributed by atoms with Gasteiger partial charge < -0.3 is 20.6 Å². The average molecular weight is 1040 g/mol. The standard InChI is InChI=1S/C69H137NO4/c1-3-5-7-9-11-13-15-17-19-21-23-25-27-28-29-30-31-32-33-34-35-36-37-38-39-40-41-42-44-46-48-50-52-54-56-58-60-62-66(72)64-69(74)70-67(65-71)68(73)63-61-59-57-55-53-51-49-47-45-43-26-24-22-20-18-16-14-12-10-8-6-4-2/h61,63,66-68,71-73H,3-60,62,64-65H2,1-2H3,(H,70,74)/b63-61+. The Morgan fingerprint density at radius 2 is 0.554 bits per heavy atom. The highest BCUT2D eigenvalue weighted by molar-refractivity contribution is 5.76. The van der Waals surface area contributed by atoms with Crippen LogP contribution in [0.1, 0.15) is 399 Å². The van der Waals surface area contributed by atoms with Crippen molar-refractivity contribution in [3.8, 4) is 0 Å². The highest BCUT2D eigenvalue weighted by Crippen LogP contribution is 2.20. The molecule has 0 aromatic rings. The number of hydrogen-bond acceptors (Lipinski definition) is 4. The van der Waals surface area contributed by atoms with Crippen molar-refractivity contribution in [2.45, 2.75) is 417 Å². The molecule has 0 radical (unpaired) electrons. The summed E-state index contributed by atoms with van der Waals surface area (Å²) in [5, 5.41) is 33.6. The van der Waals surface area contributed by atoms with E-state index in [4.69, 9.17) is 0 Å². The monoisotopic (exact) mass is 1040 g/mol. The third kappa shape index (κ3) is 60.3. The summed E-state index contributed by atoms with van der Waals surface area (Å²) in [7, 11) is 0. The van der Waals surface area contributed by atoms with Crippen molar-refractivity contribution in [3.05, 3.63) is 12.2 Å². The minimum absolute atomic E-state index is 0.0199. The van der Waals surface area contributed by atoms with Gasteiger partial charge in [0.1, 0.15) is 0 Å². The molecule has 3 unspecified atom stereocenters. The van der Waals surface area contributed by atoms with Crippen molar-refractivity contribution in [3.63, 3.8) is 0 Å². The lowest BCUT2D eigenvalue weighted by atomic mass is 10.0. The summed E-state index contributed by atoms with van der Waals surface area (Å²) in [5.74, 6) is -0.306. The maximum atomic E-state index is 12.6. The Bertz CT molecular complexity index is 1060. The van der Waals surface area contributed by atoms with Crippen molar-refractivity contribution in [2.24, 2.45) is 0 Å². The predicted molar refractivity (Wildman–Crippen MR) is 329 cm³/mol. The molecule has 442 valence electrons. The third-order valence-electron chi connectivity index (χ3n) is 16.6. The second-order valence-electron chi connectivity index (χ2n) is 24.2. The molecule has 1 amide bonds. The van der Waals surface area contributed by atoms with Gasteiger partial charge in [0.2, 0.25) is 5.91 Å². The van der Waals surface area contributed by atoms with Gasteiger partial charge in [-0.1, -0.05) is 386 Å². The van der Waals surface area contributed by atoms with Crippen molar-refractivity contribution < 1.29 is 20.1 Å². The molecule has 0 heterocycles. The van der Waals surface area contributed by atoms with Crippen molar-refractivity contribution in [2.75, 3.05) is 6.61 Å². The van der Waals surface area contributed by atoms with Gasteiger partial charge in [0.15, 0.2) is 0 Å². The Kier molecular flexibility index (Phi) is 63.8. The van der Waals surface area contributed by atoms with E-state index in [0.29, 0.717) is 6.42 Å². The number of hydrogen-bond donors (Lipinski definition) is 4. The molecule has 0 bridgehead atoms. The van der Waals surface area contributed by atoms with Crippen LogP contribution >= 0.6 is 0 Å². The van der Waals surface area contributed by atoms with E-state index >= 15 is 0 Å². The molecule has 0 aliphatic heterocycles. The van der Waals surface area contributed by atoms with Crippen molar-refractivity contribution in [1.29, 1.82) is 0 Å². The summed E-state index contributed by atoms with van der Waals surface area (Å²) in [6, 6.07) is -0.742. The molecule has 4 N–H and O–H groups in total. The number of nitrogens with one attached hydrogen (secondary N) is 1. The Morgan fingerprint density at radius 3 is 0.784 bits per heavy atom. The summed E-state index contributed by atoms with van der Waals surface area (Å²) < 4.78 is 0. The summed E-state index contributed by atoms with van der Waals surface area (Å²) in [6.07, 6.45) is 83.3. The topological polar surface area (TPSA) is 89.8 Å². The second kappa shape index (κ2) is 64.6. The SMILES string of the molecule is CCCCCCCCCCCCCCCCCCCCCC/C=C/C(O)C(CO)NC(=O)CC(O)CCCCCCCCCCCCCCCCCCCCCCCCCCCCCCCCCCCCCCC. The van der Waals surface area contributed by atoms with E-state index in [2.05, 4.69) is 19.2 Å². The lowest BCUT2D eigenvalue weighted by Gasteiger charge is -2.21. The zero-order valence-electron chi connectivity index (χ0n) is 50.8. The van der Waals surface area contributed by atoms with Crippen LogP contribution < -0.4 is 5.32 Å². The Morgan fingerprint density at radius 1 is 0.338 bits per heavy atom. The molecule has 5 nitrogen and oxygen atoms in total. The van der Waals surface area contributed by atoms with E-state index in [1.165, 1.54) is 347 Å². The number of unbranched alkanes of at least 4 members (excludes halogenated alkanes) is 56. The van der Waals surface area contributed by atoms with E-state index in [1.54, 1.807) is 6.08 Å². The van der Waals surface area contributed by atoms with E-state index in [-0.39, 0.29) is 18.9 Å². The van der Waals surface area contributed by atoms with Gasteiger partial charge in [-0.15, -0.1) is 0 Å². The number of rotatable bonds is 65. The molecule has 0 saturated heterocycles. The number of aliphatic hydroxyl groups is 3. The highest BCUT2D eigenvalue weighted by Gasteiger charge is 2.20. The first-order chi connectivity index (χ1) is 36.5. The molecule has 0 saturated carbocycles. The van der Waals surface area contributed by atoms with Crippen LogP contribution in [0.15, 0.2) is 12.2 Å². The van der Waals surface area contributed by atoms with Gasteiger partial charge in [0.05, 0.1) is 31.3 Å². The van der Waals surface area contributed by atoms with Gasteiger partial charge in [-0.2, -0.15) is 0 Å². The average Bonchev–Trinajstić information content (AvgIpc) is 3.40. The maximum Gasteiger partial charge on any atom is 0.222 e. The molecule has 5 heteroatoms. The zero-order valence-corrected chi connectivity index (χ0v) is 50.8. The van der Waals surface area contributed by atoms with Crippen LogP contribution in [-0.2, 0) is 4.79 Å². The number of aliphatic hydroxyl groups excluding tert-OH is 3.